The maximum absolute atomic E-state index is 13.6. The molecule has 0 radical (unpaired) electrons. The second-order valence-electron chi connectivity index (χ2n) is 6.58. The Labute approximate surface area is 169 Å². The number of carbonyl (C=O) groups excluding carboxylic acids is 1. The molecule has 5 rings (SSSR count). The van der Waals surface area contributed by atoms with Gasteiger partial charge in [-0.05, 0) is 42.5 Å². The van der Waals surface area contributed by atoms with Crippen molar-refractivity contribution in [1.29, 1.82) is 0 Å². The molecule has 0 bridgehead atoms. The van der Waals surface area contributed by atoms with Crippen LogP contribution in [0.3, 0.4) is 0 Å². The summed E-state index contributed by atoms with van der Waals surface area (Å²) in [5, 5.41) is 9.47. The molecule has 0 unspecified atom stereocenters. The molecule has 0 amide bonds. The number of carbonyl (C=O) groups is 1. The fraction of sp³-hybridized carbons (Fsp3) is 0.0455. The van der Waals surface area contributed by atoms with Crippen LogP contribution >= 0.6 is 0 Å². The molecule has 3 heterocycles. The number of nitrogens with zero attached hydrogens (tertiary/aromatic N) is 5. The second kappa shape index (κ2) is 7.00. The van der Waals surface area contributed by atoms with E-state index in [0.717, 1.165) is 5.56 Å². The van der Waals surface area contributed by atoms with Crippen LogP contribution in [0.1, 0.15) is 10.4 Å². The highest BCUT2D eigenvalue weighted by atomic mass is 19.1. The Morgan fingerprint density at radius 1 is 1.00 bits per heavy atom. The molecule has 146 valence electrons. The Balaban J connectivity index is 1.79. The summed E-state index contributed by atoms with van der Waals surface area (Å²) in [6.07, 6.45) is 3.32. The fourth-order valence-corrected chi connectivity index (χ4v) is 3.36. The zero-order valence-electron chi connectivity index (χ0n) is 15.8. The lowest BCUT2D eigenvalue weighted by molar-refractivity contribution is 0.0603. The zero-order valence-corrected chi connectivity index (χ0v) is 15.8. The maximum atomic E-state index is 13.6. The highest BCUT2D eigenvalue weighted by Crippen LogP contribution is 2.30. The predicted molar refractivity (Wildman–Crippen MR) is 109 cm³/mol. The van der Waals surface area contributed by atoms with Gasteiger partial charge in [0.2, 0.25) is 0 Å². The maximum Gasteiger partial charge on any atom is 0.338 e. The molecule has 0 N–H and O–H groups in total. The zero-order chi connectivity index (χ0) is 20.7. The van der Waals surface area contributed by atoms with Gasteiger partial charge in [-0.2, -0.15) is 4.80 Å². The van der Waals surface area contributed by atoms with Crippen LogP contribution in [0.4, 0.5) is 4.39 Å². The van der Waals surface area contributed by atoms with E-state index in [-0.39, 0.29) is 0 Å². The summed E-state index contributed by atoms with van der Waals surface area (Å²) in [7, 11) is 1.32. The minimum atomic E-state index is -0.509. The first kappa shape index (κ1) is 17.9. The first-order valence-corrected chi connectivity index (χ1v) is 9.09. The third-order valence-electron chi connectivity index (χ3n) is 4.74. The van der Waals surface area contributed by atoms with Gasteiger partial charge in [0.25, 0.3) is 0 Å². The van der Waals surface area contributed by atoms with Crippen LogP contribution in [0.2, 0.25) is 0 Å². The Kier molecular flexibility index (Phi) is 4.17. The normalized spacial score (nSPS) is 11.1. The molecule has 5 aromatic rings. The second-order valence-corrected chi connectivity index (χ2v) is 6.58. The summed E-state index contributed by atoms with van der Waals surface area (Å²) in [4.78, 5) is 22.7. The molecule has 0 saturated carbocycles. The van der Waals surface area contributed by atoms with Gasteiger partial charge < -0.3 is 4.74 Å². The van der Waals surface area contributed by atoms with Gasteiger partial charge in [0.1, 0.15) is 16.9 Å². The highest BCUT2D eigenvalue weighted by Gasteiger charge is 2.19. The van der Waals surface area contributed by atoms with E-state index >= 15 is 0 Å². The van der Waals surface area contributed by atoms with Gasteiger partial charge in [-0.3, -0.25) is 4.98 Å². The van der Waals surface area contributed by atoms with Crippen LogP contribution in [0, 0.1) is 5.82 Å². The molecule has 0 spiro atoms. The lowest BCUT2D eigenvalue weighted by Gasteiger charge is -2.08. The molecule has 0 saturated heterocycles. The summed E-state index contributed by atoms with van der Waals surface area (Å²) in [5.74, 6) is -0.900. The van der Waals surface area contributed by atoms with Gasteiger partial charge in [-0.1, -0.05) is 6.07 Å². The van der Waals surface area contributed by atoms with E-state index in [1.807, 2.05) is 12.1 Å². The van der Waals surface area contributed by atoms with Crippen LogP contribution in [0.15, 0.2) is 67.0 Å². The molecule has 0 aliphatic rings. The predicted octanol–water partition coefficient (Wildman–Crippen LogP) is 3.96. The Morgan fingerprint density at radius 3 is 2.57 bits per heavy atom. The number of aromatic nitrogens is 5. The molecule has 0 aliphatic heterocycles. The van der Waals surface area contributed by atoms with E-state index in [2.05, 4.69) is 15.2 Å². The standard InChI is InChI=1S/C22H14FN5O2/c1-30-22(29)16-12-19(13-7-9-24-10-8-13)25-17-5-6-18-21(20(16)17)27-28(26-18)15-4-2-3-14(23)11-15/h2-12H,1H3. The molecular formula is C22H14FN5O2. The van der Waals surface area contributed by atoms with E-state index in [4.69, 9.17) is 9.72 Å². The van der Waals surface area contributed by atoms with Crippen molar-refractivity contribution in [2.24, 2.45) is 0 Å². The van der Waals surface area contributed by atoms with Gasteiger partial charge in [-0.25, -0.2) is 14.2 Å². The van der Waals surface area contributed by atoms with Crippen molar-refractivity contribution < 1.29 is 13.9 Å². The Hall–Kier alpha value is -4.20. The van der Waals surface area contributed by atoms with Crippen molar-refractivity contribution in [3.63, 3.8) is 0 Å². The average molecular weight is 399 g/mol. The van der Waals surface area contributed by atoms with Crippen molar-refractivity contribution in [2.45, 2.75) is 0 Å². The Bertz CT molecular complexity index is 1420. The Morgan fingerprint density at radius 2 is 1.80 bits per heavy atom. The number of hydrogen-bond acceptors (Lipinski definition) is 6. The van der Waals surface area contributed by atoms with E-state index in [1.54, 1.807) is 42.7 Å². The molecule has 3 aromatic heterocycles. The van der Waals surface area contributed by atoms with Crippen molar-refractivity contribution in [2.75, 3.05) is 7.11 Å². The fourth-order valence-electron chi connectivity index (χ4n) is 3.36. The van der Waals surface area contributed by atoms with Crippen LogP contribution < -0.4 is 0 Å². The number of hydrogen-bond donors (Lipinski definition) is 0. The smallest absolute Gasteiger partial charge is 0.338 e. The number of pyridine rings is 2. The van der Waals surface area contributed by atoms with Crippen molar-refractivity contribution in [3.8, 4) is 16.9 Å². The lowest BCUT2D eigenvalue weighted by atomic mass is 10.0. The van der Waals surface area contributed by atoms with Gasteiger partial charge in [0.05, 0.1) is 29.6 Å². The summed E-state index contributed by atoms with van der Waals surface area (Å²) in [6, 6.07) is 14.8. The average Bonchev–Trinajstić information content (AvgIpc) is 3.23. The molecular weight excluding hydrogens is 385 g/mol. The monoisotopic (exact) mass is 399 g/mol. The minimum absolute atomic E-state index is 0.325. The summed E-state index contributed by atoms with van der Waals surface area (Å²) in [6.45, 7) is 0. The summed E-state index contributed by atoms with van der Waals surface area (Å²) < 4.78 is 18.6. The molecule has 2 aromatic carbocycles. The highest BCUT2D eigenvalue weighted by molar-refractivity contribution is 6.14. The van der Waals surface area contributed by atoms with Crippen LogP contribution in [-0.4, -0.2) is 38.0 Å². The number of esters is 1. The number of benzene rings is 2. The largest absolute Gasteiger partial charge is 0.465 e. The number of ether oxygens (including phenoxy) is 1. The molecule has 0 fully saturated rings. The van der Waals surface area contributed by atoms with Crippen molar-refractivity contribution in [3.05, 3.63) is 78.4 Å². The number of fused-ring (bicyclic) bond motifs is 3. The number of rotatable bonds is 3. The third-order valence-corrected chi connectivity index (χ3v) is 4.74. The van der Waals surface area contributed by atoms with Gasteiger partial charge >= 0.3 is 5.97 Å². The lowest BCUT2D eigenvalue weighted by Crippen LogP contribution is -2.04. The summed E-state index contributed by atoms with van der Waals surface area (Å²) in [5.41, 5.74) is 3.83. The van der Waals surface area contributed by atoms with E-state index in [9.17, 15) is 9.18 Å². The van der Waals surface area contributed by atoms with Crippen LogP contribution in [0.5, 0.6) is 0 Å². The van der Waals surface area contributed by atoms with E-state index < -0.39 is 11.8 Å². The van der Waals surface area contributed by atoms with E-state index in [1.165, 1.54) is 24.0 Å². The SMILES string of the molecule is COC(=O)c1cc(-c2ccncc2)nc2ccc3nn(-c4cccc(F)c4)nc3c12. The first-order valence-electron chi connectivity index (χ1n) is 9.09. The number of methoxy groups -OCH3 is 1. The van der Waals surface area contributed by atoms with Gasteiger partial charge in [-0.15, -0.1) is 10.2 Å². The molecule has 7 nitrogen and oxygen atoms in total. The molecule has 8 heteroatoms. The van der Waals surface area contributed by atoms with Gasteiger partial charge in [0.15, 0.2) is 0 Å². The molecule has 0 aliphatic carbocycles. The third kappa shape index (κ3) is 2.95. The van der Waals surface area contributed by atoms with Crippen molar-refractivity contribution in [1.82, 2.24) is 25.0 Å². The van der Waals surface area contributed by atoms with Crippen LogP contribution in [-0.2, 0) is 4.74 Å². The molecule has 0 atom stereocenters. The minimum Gasteiger partial charge on any atom is -0.465 e. The molecule has 30 heavy (non-hydrogen) atoms. The van der Waals surface area contributed by atoms with Gasteiger partial charge in [0, 0.05) is 29.4 Å². The summed E-state index contributed by atoms with van der Waals surface area (Å²) >= 11 is 0. The topological polar surface area (TPSA) is 82.8 Å². The van der Waals surface area contributed by atoms with Crippen LogP contribution in [0.25, 0.3) is 38.9 Å². The number of halogens is 1. The van der Waals surface area contributed by atoms with Crippen molar-refractivity contribution >= 4 is 27.9 Å². The van der Waals surface area contributed by atoms with E-state index in [0.29, 0.717) is 38.9 Å². The quantitative estimate of drug-likeness (QED) is 0.427. The first-order chi connectivity index (χ1) is 14.6.